The number of unbranched alkanes of at least 4 members (excludes halogenated alkanes) is 1. The van der Waals surface area contributed by atoms with Gasteiger partial charge >= 0.3 is 0 Å². The molecule has 0 heterocycles. The van der Waals surface area contributed by atoms with Crippen LogP contribution in [0.15, 0.2) is 83.3 Å². The predicted octanol–water partition coefficient (Wildman–Crippen LogP) is 5.52. The fraction of sp³-hybridized carbons (Fsp3) is 0.286. The summed E-state index contributed by atoms with van der Waals surface area (Å²) >= 11 is 3.37. The van der Waals surface area contributed by atoms with E-state index in [1.54, 1.807) is 30.3 Å². The molecule has 0 aliphatic rings. The monoisotopic (exact) mass is 540 g/mol. The van der Waals surface area contributed by atoms with Crippen molar-refractivity contribution in [2.75, 3.05) is 13.2 Å². The SMILES string of the molecule is CCCCNC(=O)[C@@H](Cc1ccccc1)N(Cc1ccccc1F)C(=O)COc1ccc(Br)cc1. The van der Waals surface area contributed by atoms with E-state index in [4.69, 9.17) is 4.74 Å². The van der Waals surface area contributed by atoms with Crippen LogP contribution in [0.3, 0.4) is 0 Å². The fourth-order valence-corrected chi connectivity index (χ4v) is 3.89. The molecule has 0 radical (unpaired) electrons. The highest BCUT2D eigenvalue weighted by Gasteiger charge is 2.31. The quantitative estimate of drug-likeness (QED) is 0.307. The van der Waals surface area contributed by atoms with Crippen LogP contribution < -0.4 is 10.1 Å². The van der Waals surface area contributed by atoms with E-state index in [1.807, 2.05) is 49.4 Å². The van der Waals surface area contributed by atoms with Crippen LogP contribution >= 0.6 is 15.9 Å². The molecular weight excluding hydrogens is 511 g/mol. The Morgan fingerprint density at radius 2 is 1.69 bits per heavy atom. The molecule has 1 N–H and O–H groups in total. The van der Waals surface area contributed by atoms with Crippen LogP contribution in [0.25, 0.3) is 0 Å². The standard InChI is InChI=1S/C28H30BrFN2O3/c1-2-3-17-31-28(34)26(18-21-9-5-4-6-10-21)32(19-22-11-7-8-12-25(22)30)27(33)20-35-24-15-13-23(29)14-16-24/h4-16,26H,2-3,17-20H2,1H3,(H,31,34)/t26-/m1/s1. The molecule has 2 amide bonds. The van der Waals surface area contributed by atoms with E-state index >= 15 is 0 Å². The lowest BCUT2D eigenvalue weighted by Crippen LogP contribution is -2.52. The Morgan fingerprint density at radius 1 is 1.00 bits per heavy atom. The van der Waals surface area contributed by atoms with E-state index in [0.29, 0.717) is 24.3 Å². The summed E-state index contributed by atoms with van der Waals surface area (Å²) in [6.07, 6.45) is 2.07. The summed E-state index contributed by atoms with van der Waals surface area (Å²) in [6, 6.07) is 22.1. The second-order valence-corrected chi connectivity index (χ2v) is 9.12. The van der Waals surface area contributed by atoms with Crippen LogP contribution in [0.5, 0.6) is 5.75 Å². The molecule has 0 unspecified atom stereocenters. The number of nitrogens with one attached hydrogen (secondary N) is 1. The lowest BCUT2D eigenvalue weighted by Gasteiger charge is -2.31. The van der Waals surface area contributed by atoms with Crippen molar-refractivity contribution >= 4 is 27.7 Å². The van der Waals surface area contributed by atoms with Gasteiger partial charge in [0, 0.05) is 29.5 Å². The normalized spacial score (nSPS) is 11.5. The Labute approximate surface area is 214 Å². The summed E-state index contributed by atoms with van der Waals surface area (Å²) < 4.78 is 21.2. The molecule has 0 aliphatic heterocycles. The fourth-order valence-electron chi connectivity index (χ4n) is 3.63. The minimum atomic E-state index is -0.824. The van der Waals surface area contributed by atoms with Crippen molar-refractivity contribution in [2.45, 2.75) is 38.8 Å². The first kappa shape index (κ1) is 26.4. The van der Waals surface area contributed by atoms with E-state index in [-0.39, 0.29) is 19.1 Å². The number of rotatable bonds is 12. The second kappa shape index (κ2) is 13.6. The molecule has 1 atom stereocenters. The van der Waals surface area contributed by atoms with E-state index < -0.39 is 17.8 Å². The summed E-state index contributed by atoms with van der Waals surface area (Å²) in [5, 5.41) is 2.95. The summed E-state index contributed by atoms with van der Waals surface area (Å²) in [5.74, 6) is -0.568. The number of halogens is 2. The topological polar surface area (TPSA) is 58.6 Å². The van der Waals surface area contributed by atoms with E-state index in [1.165, 1.54) is 11.0 Å². The molecule has 7 heteroatoms. The van der Waals surface area contributed by atoms with Gasteiger partial charge in [-0.05, 0) is 42.3 Å². The van der Waals surface area contributed by atoms with Crippen molar-refractivity contribution < 1.29 is 18.7 Å². The van der Waals surface area contributed by atoms with Gasteiger partial charge in [0.15, 0.2) is 6.61 Å². The van der Waals surface area contributed by atoms with Gasteiger partial charge in [0.2, 0.25) is 5.91 Å². The lowest BCUT2D eigenvalue weighted by molar-refractivity contribution is -0.142. The Kier molecular flexibility index (Phi) is 10.3. The van der Waals surface area contributed by atoms with E-state index in [0.717, 1.165) is 22.9 Å². The van der Waals surface area contributed by atoms with Crippen LogP contribution in [0.4, 0.5) is 4.39 Å². The van der Waals surface area contributed by atoms with Gasteiger partial charge in [-0.2, -0.15) is 0 Å². The van der Waals surface area contributed by atoms with Crippen molar-refractivity contribution in [1.82, 2.24) is 10.2 Å². The summed E-state index contributed by atoms with van der Waals surface area (Å²) in [7, 11) is 0. The number of ether oxygens (including phenoxy) is 1. The number of benzene rings is 3. The van der Waals surface area contributed by atoms with Gasteiger partial charge in [0.1, 0.15) is 17.6 Å². The molecule has 0 aliphatic carbocycles. The Bertz CT molecular complexity index is 1090. The van der Waals surface area contributed by atoms with Crippen LogP contribution in [0.2, 0.25) is 0 Å². The summed E-state index contributed by atoms with van der Waals surface area (Å²) in [6.45, 7) is 2.23. The number of amides is 2. The Morgan fingerprint density at radius 3 is 2.37 bits per heavy atom. The molecule has 0 saturated heterocycles. The smallest absolute Gasteiger partial charge is 0.261 e. The first-order valence-corrected chi connectivity index (χ1v) is 12.5. The Hall–Kier alpha value is -3.19. The van der Waals surface area contributed by atoms with Crippen LogP contribution in [0, 0.1) is 5.82 Å². The molecule has 3 rings (SSSR count). The maximum atomic E-state index is 14.6. The van der Waals surface area contributed by atoms with Gasteiger partial charge in [-0.1, -0.05) is 77.8 Å². The van der Waals surface area contributed by atoms with Gasteiger partial charge in [0.05, 0.1) is 0 Å². The molecule has 0 bridgehead atoms. The third kappa shape index (κ3) is 8.21. The molecule has 0 aromatic heterocycles. The minimum absolute atomic E-state index is 0.0477. The predicted molar refractivity (Wildman–Crippen MR) is 138 cm³/mol. The molecule has 5 nitrogen and oxygen atoms in total. The zero-order valence-corrected chi connectivity index (χ0v) is 21.3. The highest BCUT2D eigenvalue weighted by Crippen LogP contribution is 2.19. The number of hydrogen-bond acceptors (Lipinski definition) is 3. The molecule has 35 heavy (non-hydrogen) atoms. The van der Waals surface area contributed by atoms with Gasteiger partial charge in [-0.25, -0.2) is 4.39 Å². The second-order valence-electron chi connectivity index (χ2n) is 8.21. The molecule has 0 spiro atoms. The van der Waals surface area contributed by atoms with E-state index in [2.05, 4.69) is 21.2 Å². The number of carbonyl (C=O) groups is 2. The zero-order valence-electron chi connectivity index (χ0n) is 19.8. The average Bonchev–Trinajstić information content (AvgIpc) is 2.87. The van der Waals surface area contributed by atoms with Crippen molar-refractivity contribution in [3.05, 3.63) is 100 Å². The van der Waals surface area contributed by atoms with E-state index in [9.17, 15) is 14.0 Å². The molecular formula is C28H30BrFN2O3. The largest absolute Gasteiger partial charge is 0.484 e. The van der Waals surface area contributed by atoms with Gasteiger partial charge in [-0.15, -0.1) is 0 Å². The lowest BCUT2D eigenvalue weighted by atomic mass is 10.0. The molecule has 3 aromatic carbocycles. The van der Waals surface area contributed by atoms with Crippen molar-refractivity contribution in [1.29, 1.82) is 0 Å². The number of carbonyl (C=O) groups excluding carboxylic acids is 2. The zero-order chi connectivity index (χ0) is 25.0. The van der Waals surface area contributed by atoms with Crippen molar-refractivity contribution in [2.24, 2.45) is 0 Å². The Balaban J connectivity index is 1.88. The maximum absolute atomic E-state index is 14.6. The maximum Gasteiger partial charge on any atom is 0.261 e. The first-order chi connectivity index (χ1) is 17.0. The number of hydrogen-bond donors (Lipinski definition) is 1. The third-order valence-corrected chi connectivity index (χ3v) is 6.10. The van der Waals surface area contributed by atoms with Gasteiger partial charge in [0.25, 0.3) is 5.91 Å². The minimum Gasteiger partial charge on any atom is -0.484 e. The summed E-state index contributed by atoms with van der Waals surface area (Å²) in [5.41, 5.74) is 1.24. The highest BCUT2D eigenvalue weighted by atomic mass is 79.9. The number of nitrogens with zero attached hydrogens (tertiary/aromatic N) is 1. The third-order valence-electron chi connectivity index (χ3n) is 5.58. The molecule has 184 valence electrons. The molecule has 0 fully saturated rings. The van der Waals surface area contributed by atoms with Crippen molar-refractivity contribution in [3.63, 3.8) is 0 Å². The van der Waals surface area contributed by atoms with Crippen molar-refractivity contribution in [3.8, 4) is 5.75 Å². The summed E-state index contributed by atoms with van der Waals surface area (Å²) in [4.78, 5) is 28.2. The average molecular weight is 541 g/mol. The van der Waals surface area contributed by atoms with Crippen LogP contribution in [0.1, 0.15) is 30.9 Å². The van der Waals surface area contributed by atoms with Crippen LogP contribution in [-0.2, 0) is 22.6 Å². The van der Waals surface area contributed by atoms with Crippen LogP contribution in [-0.4, -0.2) is 35.9 Å². The molecule has 0 saturated carbocycles. The molecule has 3 aromatic rings. The first-order valence-electron chi connectivity index (χ1n) is 11.7. The van der Waals surface area contributed by atoms with Gasteiger partial charge in [-0.3, -0.25) is 9.59 Å². The highest BCUT2D eigenvalue weighted by molar-refractivity contribution is 9.10. The van der Waals surface area contributed by atoms with Gasteiger partial charge < -0.3 is 15.0 Å².